The highest BCUT2D eigenvalue weighted by molar-refractivity contribution is 7.10. The number of nitrogens with one attached hydrogen (secondary N) is 1. The normalized spacial score (nSPS) is 22.9. The van der Waals surface area contributed by atoms with Crippen LogP contribution in [0.15, 0.2) is 47.8 Å². The van der Waals surface area contributed by atoms with Gasteiger partial charge in [0, 0.05) is 17.0 Å². The Balaban J connectivity index is 1.64. The molecule has 4 rings (SSSR count). The summed E-state index contributed by atoms with van der Waals surface area (Å²) in [5.41, 5.74) is 1.11. The first-order chi connectivity index (χ1) is 11.3. The van der Waals surface area contributed by atoms with Crippen LogP contribution in [0.5, 0.6) is 0 Å². The van der Waals surface area contributed by atoms with Gasteiger partial charge >= 0.3 is 0 Å². The van der Waals surface area contributed by atoms with E-state index in [1.54, 1.807) is 11.3 Å². The van der Waals surface area contributed by atoms with Crippen LogP contribution in [0, 0.1) is 0 Å². The molecule has 2 fully saturated rings. The molecular weight excluding hydrogens is 304 g/mol. The van der Waals surface area contributed by atoms with Gasteiger partial charge in [-0.15, -0.1) is 11.3 Å². The van der Waals surface area contributed by atoms with Crippen LogP contribution < -0.4 is 5.32 Å². The lowest BCUT2D eigenvalue weighted by molar-refractivity contribution is -0.127. The molecule has 2 atom stereocenters. The fourth-order valence-corrected chi connectivity index (χ4v) is 4.40. The average molecular weight is 326 g/mol. The molecule has 1 aromatic carbocycles. The Morgan fingerprint density at radius 2 is 1.96 bits per heavy atom. The van der Waals surface area contributed by atoms with E-state index < -0.39 is 0 Å². The summed E-state index contributed by atoms with van der Waals surface area (Å²) in [5, 5.41) is 5.35. The number of hydrogen-bond acceptors (Lipinski definition) is 3. The summed E-state index contributed by atoms with van der Waals surface area (Å²) in [6.45, 7) is 0.986. The van der Waals surface area contributed by atoms with Crippen molar-refractivity contribution in [1.82, 2.24) is 10.2 Å². The zero-order valence-corrected chi connectivity index (χ0v) is 14.0. The molecule has 2 heterocycles. The Kier molecular flexibility index (Phi) is 4.19. The fourth-order valence-electron chi connectivity index (χ4n) is 3.52. The standard InChI is InChI=1S/C19H22N2OS/c22-19(20-15-10-11-15)18(14-6-2-1-3-7-14)21-12-4-8-16(21)17-9-5-13-23-17/h1-3,5-7,9,13,15-16,18H,4,8,10-12H2,(H,20,22)/t16-,18+/m0/s1. The first-order valence-corrected chi connectivity index (χ1v) is 9.35. The second-order valence-electron chi connectivity index (χ2n) is 6.51. The predicted molar refractivity (Wildman–Crippen MR) is 93.3 cm³/mol. The summed E-state index contributed by atoms with van der Waals surface area (Å²) in [4.78, 5) is 16.7. The van der Waals surface area contributed by atoms with Gasteiger partial charge in [-0.25, -0.2) is 0 Å². The van der Waals surface area contributed by atoms with Crippen LogP contribution in [0.25, 0.3) is 0 Å². The lowest BCUT2D eigenvalue weighted by atomic mass is 10.0. The molecule has 1 saturated heterocycles. The zero-order valence-electron chi connectivity index (χ0n) is 13.2. The molecule has 1 aliphatic heterocycles. The van der Waals surface area contributed by atoms with E-state index in [1.165, 1.54) is 4.88 Å². The lowest BCUT2D eigenvalue weighted by Crippen LogP contribution is -2.41. The Morgan fingerprint density at radius 3 is 2.65 bits per heavy atom. The van der Waals surface area contributed by atoms with Gasteiger partial charge in [-0.2, -0.15) is 0 Å². The molecule has 0 radical (unpaired) electrons. The van der Waals surface area contributed by atoms with E-state index in [2.05, 4.69) is 39.9 Å². The maximum Gasteiger partial charge on any atom is 0.242 e. The van der Waals surface area contributed by atoms with Gasteiger partial charge in [0.25, 0.3) is 0 Å². The Labute approximate surface area is 141 Å². The van der Waals surface area contributed by atoms with Crippen molar-refractivity contribution in [2.24, 2.45) is 0 Å². The minimum atomic E-state index is -0.175. The lowest BCUT2D eigenvalue weighted by Gasteiger charge is -2.32. The van der Waals surface area contributed by atoms with Crippen molar-refractivity contribution in [3.8, 4) is 0 Å². The van der Waals surface area contributed by atoms with Gasteiger partial charge in [0.1, 0.15) is 6.04 Å². The van der Waals surface area contributed by atoms with Crippen molar-refractivity contribution in [2.45, 2.75) is 43.8 Å². The molecule has 23 heavy (non-hydrogen) atoms. The molecule has 0 spiro atoms. The SMILES string of the molecule is O=C(NC1CC1)[C@@H](c1ccccc1)N1CCC[C@H]1c1cccs1. The number of hydrogen-bond donors (Lipinski definition) is 1. The minimum Gasteiger partial charge on any atom is -0.352 e. The number of benzene rings is 1. The summed E-state index contributed by atoms with van der Waals surface area (Å²) in [5.74, 6) is 0.169. The van der Waals surface area contributed by atoms with E-state index in [9.17, 15) is 4.79 Å². The largest absolute Gasteiger partial charge is 0.352 e. The van der Waals surface area contributed by atoms with Gasteiger partial charge in [-0.3, -0.25) is 9.69 Å². The topological polar surface area (TPSA) is 32.3 Å². The van der Waals surface area contributed by atoms with Crippen molar-refractivity contribution < 1.29 is 4.79 Å². The third kappa shape index (κ3) is 3.19. The highest BCUT2D eigenvalue weighted by atomic mass is 32.1. The van der Waals surface area contributed by atoms with Crippen molar-refractivity contribution in [1.29, 1.82) is 0 Å². The maximum absolute atomic E-state index is 12.9. The molecule has 120 valence electrons. The van der Waals surface area contributed by atoms with E-state index in [1.807, 2.05) is 18.2 Å². The average Bonchev–Trinajstić information content (AvgIpc) is 3.04. The maximum atomic E-state index is 12.9. The number of nitrogens with zero attached hydrogens (tertiary/aromatic N) is 1. The van der Waals surface area contributed by atoms with Crippen molar-refractivity contribution in [3.05, 3.63) is 58.3 Å². The zero-order chi connectivity index (χ0) is 15.6. The second-order valence-corrected chi connectivity index (χ2v) is 7.49. The summed E-state index contributed by atoms with van der Waals surface area (Å²) in [6, 6.07) is 15.1. The van der Waals surface area contributed by atoms with E-state index in [0.29, 0.717) is 12.1 Å². The van der Waals surface area contributed by atoms with Crippen LogP contribution in [0.1, 0.15) is 48.2 Å². The van der Waals surface area contributed by atoms with E-state index >= 15 is 0 Å². The predicted octanol–water partition coefficient (Wildman–Crippen LogP) is 3.90. The van der Waals surface area contributed by atoms with Gasteiger partial charge in [-0.1, -0.05) is 36.4 Å². The smallest absolute Gasteiger partial charge is 0.242 e. The molecule has 0 unspecified atom stereocenters. The molecule has 1 saturated carbocycles. The van der Waals surface area contributed by atoms with Gasteiger partial charge in [0.15, 0.2) is 0 Å². The molecule has 3 nitrogen and oxygen atoms in total. The quantitative estimate of drug-likeness (QED) is 0.903. The van der Waals surface area contributed by atoms with Crippen LogP contribution in [-0.4, -0.2) is 23.4 Å². The molecule has 0 bridgehead atoms. The number of carbonyl (C=O) groups is 1. The Morgan fingerprint density at radius 1 is 1.13 bits per heavy atom. The first-order valence-electron chi connectivity index (χ1n) is 8.47. The Bertz CT molecular complexity index is 651. The van der Waals surface area contributed by atoms with Gasteiger partial charge < -0.3 is 5.32 Å². The number of rotatable bonds is 5. The van der Waals surface area contributed by atoms with Crippen LogP contribution in [0.3, 0.4) is 0 Å². The highest BCUT2D eigenvalue weighted by Crippen LogP contribution is 2.40. The Hall–Kier alpha value is -1.65. The molecule has 1 aromatic heterocycles. The number of carbonyl (C=O) groups excluding carboxylic acids is 1. The third-order valence-corrected chi connectivity index (χ3v) is 5.76. The molecule has 1 N–H and O–H groups in total. The second kappa shape index (κ2) is 6.46. The molecular formula is C19H22N2OS. The summed E-state index contributed by atoms with van der Waals surface area (Å²) >= 11 is 1.80. The van der Waals surface area contributed by atoms with Gasteiger partial charge in [-0.05, 0) is 49.2 Å². The molecule has 1 amide bonds. The summed E-state index contributed by atoms with van der Waals surface area (Å²) in [7, 11) is 0. The van der Waals surface area contributed by atoms with Crippen molar-refractivity contribution in [2.75, 3.05) is 6.54 Å². The monoisotopic (exact) mass is 326 g/mol. The van der Waals surface area contributed by atoms with Crippen LogP contribution in [0.4, 0.5) is 0 Å². The van der Waals surface area contributed by atoms with Gasteiger partial charge in [0.05, 0.1) is 0 Å². The number of amides is 1. The van der Waals surface area contributed by atoms with Gasteiger partial charge in [0.2, 0.25) is 5.91 Å². The molecule has 4 heteroatoms. The van der Waals surface area contributed by atoms with Crippen LogP contribution in [-0.2, 0) is 4.79 Å². The number of likely N-dealkylation sites (tertiary alicyclic amines) is 1. The van der Waals surface area contributed by atoms with Crippen LogP contribution >= 0.6 is 11.3 Å². The molecule has 2 aromatic rings. The fraction of sp³-hybridized carbons (Fsp3) is 0.421. The summed E-state index contributed by atoms with van der Waals surface area (Å²) < 4.78 is 0. The third-order valence-electron chi connectivity index (χ3n) is 4.78. The van der Waals surface area contributed by atoms with Crippen LogP contribution in [0.2, 0.25) is 0 Å². The van der Waals surface area contributed by atoms with Crippen molar-refractivity contribution >= 4 is 17.2 Å². The van der Waals surface area contributed by atoms with E-state index in [-0.39, 0.29) is 11.9 Å². The number of thiophene rings is 1. The highest BCUT2D eigenvalue weighted by Gasteiger charge is 2.38. The van der Waals surface area contributed by atoms with Crippen molar-refractivity contribution in [3.63, 3.8) is 0 Å². The minimum absolute atomic E-state index is 0.169. The van der Waals surface area contributed by atoms with E-state index in [4.69, 9.17) is 0 Å². The molecule has 2 aliphatic rings. The van der Waals surface area contributed by atoms with E-state index in [0.717, 1.165) is 37.8 Å². The first kappa shape index (κ1) is 14.9. The molecule has 1 aliphatic carbocycles. The summed E-state index contributed by atoms with van der Waals surface area (Å²) in [6.07, 6.45) is 4.55.